The Morgan fingerprint density at radius 3 is 2.31 bits per heavy atom. The molecule has 0 amide bonds. The van der Waals surface area contributed by atoms with Crippen molar-refractivity contribution in [2.24, 2.45) is 0 Å². The Kier molecular flexibility index (Phi) is 3.57. The largest absolute Gasteiger partial charge is 0.465 e. The van der Waals surface area contributed by atoms with Gasteiger partial charge in [-0.25, -0.2) is 9.18 Å². The number of hydrogen-bond acceptors (Lipinski definition) is 2. The van der Waals surface area contributed by atoms with E-state index in [0.29, 0.717) is 6.07 Å². The summed E-state index contributed by atoms with van der Waals surface area (Å²) in [6.45, 7) is 0. The minimum atomic E-state index is -4.82. The third-order valence-electron chi connectivity index (χ3n) is 1.75. The molecule has 0 unspecified atom stereocenters. The predicted octanol–water partition coefficient (Wildman–Crippen LogP) is 3.39. The molecule has 0 N–H and O–H groups in total. The first-order valence-electron chi connectivity index (χ1n) is 3.92. The van der Waals surface area contributed by atoms with E-state index in [1.807, 2.05) is 0 Å². The van der Waals surface area contributed by atoms with Gasteiger partial charge >= 0.3 is 12.1 Å². The van der Waals surface area contributed by atoms with Gasteiger partial charge < -0.3 is 4.74 Å². The van der Waals surface area contributed by atoms with Crippen molar-refractivity contribution in [2.75, 3.05) is 7.11 Å². The van der Waals surface area contributed by atoms with E-state index in [9.17, 15) is 22.4 Å². The number of carbonyl (C=O) groups excluding carboxylic acids is 1. The van der Waals surface area contributed by atoms with Crippen molar-refractivity contribution in [1.29, 1.82) is 0 Å². The highest BCUT2D eigenvalue weighted by Crippen LogP contribution is 2.37. The first-order valence-corrected chi connectivity index (χ1v) is 4.71. The molecule has 2 nitrogen and oxygen atoms in total. The summed E-state index contributed by atoms with van der Waals surface area (Å²) in [7, 11) is 1.05. The smallest absolute Gasteiger partial charge is 0.420 e. The molecule has 0 aromatic heterocycles. The van der Waals surface area contributed by atoms with Crippen LogP contribution in [0.3, 0.4) is 0 Å². The maximum absolute atomic E-state index is 13.1. The fraction of sp³-hybridized carbons (Fsp3) is 0.222. The molecule has 0 aliphatic heterocycles. The summed E-state index contributed by atoms with van der Waals surface area (Å²) in [5, 5.41) is 0. The third kappa shape index (κ3) is 2.52. The van der Waals surface area contributed by atoms with E-state index >= 15 is 0 Å². The fourth-order valence-corrected chi connectivity index (χ4v) is 1.74. The second-order valence-electron chi connectivity index (χ2n) is 2.80. The summed E-state index contributed by atoms with van der Waals surface area (Å²) in [5.41, 5.74) is -1.74. The van der Waals surface area contributed by atoms with Gasteiger partial charge in [0, 0.05) is 4.47 Å². The van der Waals surface area contributed by atoms with Crippen molar-refractivity contribution in [3.63, 3.8) is 0 Å². The summed E-state index contributed by atoms with van der Waals surface area (Å²) >= 11 is 2.56. The lowest BCUT2D eigenvalue weighted by Crippen LogP contribution is -2.11. The predicted molar refractivity (Wildman–Crippen MR) is 50.4 cm³/mol. The Morgan fingerprint density at radius 1 is 1.38 bits per heavy atom. The van der Waals surface area contributed by atoms with Gasteiger partial charge in [0.1, 0.15) is 11.4 Å². The van der Waals surface area contributed by atoms with Crippen molar-refractivity contribution < 1.29 is 27.1 Å². The summed E-state index contributed by atoms with van der Waals surface area (Å²) in [6.07, 6.45) is -4.82. The lowest BCUT2D eigenvalue weighted by Gasteiger charge is -2.11. The second kappa shape index (κ2) is 4.40. The van der Waals surface area contributed by atoms with E-state index in [0.717, 1.165) is 13.2 Å². The molecular formula is C9H5BrF4O2. The van der Waals surface area contributed by atoms with E-state index in [1.165, 1.54) is 0 Å². The van der Waals surface area contributed by atoms with E-state index in [2.05, 4.69) is 20.7 Å². The third-order valence-corrected chi connectivity index (χ3v) is 2.37. The van der Waals surface area contributed by atoms with Crippen LogP contribution < -0.4 is 0 Å². The molecule has 1 aromatic carbocycles. The molecule has 7 heteroatoms. The van der Waals surface area contributed by atoms with Gasteiger partial charge in [-0.15, -0.1) is 0 Å². The topological polar surface area (TPSA) is 26.3 Å². The van der Waals surface area contributed by atoms with Crippen molar-refractivity contribution in [3.05, 3.63) is 33.5 Å². The van der Waals surface area contributed by atoms with Crippen molar-refractivity contribution >= 4 is 21.9 Å². The van der Waals surface area contributed by atoms with Crippen LogP contribution in [0.5, 0.6) is 0 Å². The number of carbonyl (C=O) groups is 1. The van der Waals surface area contributed by atoms with Gasteiger partial charge in [0.2, 0.25) is 0 Å². The molecule has 0 atom stereocenters. The highest BCUT2D eigenvalue weighted by Gasteiger charge is 2.37. The summed E-state index contributed by atoms with van der Waals surface area (Å²) in [4.78, 5) is 11.0. The lowest BCUT2D eigenvalue weighted by atomic mass is 10.1. The second-order valence-corrected chi connectivity index (χ2v) is 3.66. The highest BCUT2D eigenvalue weighted by atomic mass is 79.9. The number of benzene rings is 1. The van der Waals surface area contributed by atoms with Gasteiger partial charge in [0.15, 0.2) is 0 Å². The van der Waals surface area contributed by atoms with Crippen molar-refractivity contribution in [2.45, 2.75) is 6.18 Å². The van der Waals surface area contributed by atoms with Crippen LogP contribution in [0, 0.1) is 5.82 Å². The number of methoxy groups -OCH3 is 1. The van der Waals surface area contributed by atoms with Crippen LogP contribution >= 0.6 is 15.9 Å². The average Bonchev–Trinajstić information content (AvgIpc) is 2.13. The molecule has 1 rings (SSSR count). The lowest BCUT2D eigenvalue weighted by molar-refractivity contribution is -0.140. The Bertz CT molecular complexity index is 405. The molecule has 0 bridgehead atoms. The molecule has 88 valence electrons. The number of alkyl halides is 3. The van der Waals surface area contributed by atoms with Crippen LogP contribution in [-0.4, -0.2) is 13.1 Å². The SMILES string of the molecule is COC(=O)c1cc(F)c(C(F)(F)F)c(Br)c1. The van der Waals surface area contributed by atoms with E-state index in [-0.39, 0.29) is 5.56 Å². The van der Waals surface area contributed by atoms with Crippen molar-refractivity contribution in [1.82, 2.24) is 0 Å². The van der Waals surface area contributed by atoms with Gasteiger partial charge in [-0.2, -0.15) is 13.2 Å². The Morgan fingerprint density at radius 2 is 1.94 bits per heavy atom. The number of rotatable bonds is 1. The zero-order valence-electron chi connectivity index (χ0n) is 7.86. The summed E-state index contributed by atoms with van der Waals surface area (Å²) in [5.74, 6) is -2.43. The molecular weight excluding hydrogens is 296 g/mol. The van der Waals surface area contributed by atoms with E-state index in [1.54, 1.807) is 0 Å². The zero-order chi connectivity index (χ0) is 12.5. The Hall–Kier alpha value is -1.11. The maximum Gasteiger partial charge on any atom is 0.420 e. The quantitative estimate of drug-likeness (QED) is 0.587. The van der Waals surface area contributed by atoms with Gasteiger partial charge in [0.25, 0.3) is 0 Å². The van der Waals surface area contributed by atoms with Crippen LogP contribution in [0.2, 0.25) is 0 Å². The minimum absolute atomic E-state index is 0.292. The van der Waals surface area contributed by atoms with Gasteiger partial charge in [-0.3, -0.25) is 0 Å². The summed E-state index contributed by atoms with van der Waals surface area (Å²) in [6, 6.07) is 1.34. The Balaban J connectivity index is 3.34. The Labute approximate surface area is 96.3 Å². The van der Waals surface area contributed by atoms with E-state index < -0.39 is 28.0 Å². The minimum Gasteiger partial charge on any atom is -0.465 e. The molecule has 0 aliphatic rings. The molecule has 0 saturated heterocycles. The molecule has 1 aromatic rings. The van der Waals surface area contributed by atoms with Crippen molar-refractivity contribution in [3.8, 4) is 0 Å². The molecule has 0 heterocycles. The zero-order valence-corrected chi connectivity index (χ0v) is 9.45. The van der Waals surface area contributed by atoms with Crippen LogP contribution in [0.25, 0.3) is 0 Å². The molecule has 0 fully saturated rings. The average molecular weight is 301 g/mol. The standard InChI is InChI=1S/C9H5BrF4O2/c1-16-8(15)4-2-5(10)7(6(11)3-4)9(12,13)14/h2-3H,1H3. The van der Waals surface area contributed by atoms with Gasteiger partial charge in [-0.05, 0) is 12.1 Å². The molecule has 0 radical (unpaired) electrons. The van der Waals surface area contributed by atoms with Gasteiger partial charge in [-0.1, -0.05) is 15.9 Å². The highest BCUT2D eigenvalue weighted by molar-refractivity contribution is 9.10. The van der Waals surface area contributed by atoms with E-state index in [4.69, 9.17) is 0 Å². The number of hydrogen-bond donors (Lipinski definition) is 0. The molecule has 0 aliphatic carbocycles. The number of esters is 1. The fourth-order valence-electron chi connectivity index (χ4n) is 1.08. The van der Waals surface area contributed by atoms with Crippen LogP contribution in [0.4, 0.5) is 17.6 Å². The molecule has 0 spiro atoms. The van der Waals surface area contributed by atoms with Crippen LogP contribution in [-0.2, 0) is 10.9 Å². The summed E-state index contributed by atoms with van der Waals surface area (Å²) < 4.78 is 53.9. The number of halogens is 5. The van der Waals surface area contributed by atoms with Gasteiger partial charge in [0.05, 0.1) is 12.7 Å². The number of ether oxygens (including phenoxy) is 1. The van der Waals surface area contributed by atoms with Crippen LogP contribution in [0.1, 0.15) is 15.9 Å². The molecule has 0 saturated carbocycles. The van der Waals surface area contributed by atoms with Crippen LogP contribution in [0.15, 0.2) is 16.6 Å². The first-order chi connectivity index (χ1) is 7.27. The first kappa shape index (κ1) is 13.0. The maximum atomic E-state index is 13.1. The molecule has 16 heavy (non-hydrogen) atoms. The normalized spacial score (nSPS) is 11.4. The monoisotopic (exact) mass is 300 g/mol.